The van der Waals surface area contributed by atoms with Crippen molar-refractivity contribution in [3.05, 3.63) is 89.3 Å². The lowest BCUT2D eigenvalue weighted by atomic mass is 9.94. The predicted molar refractivity (Wildman–Crippen MR) is 138 cm³/mol. The number of hydrogen-bond donors (Lipinski definition) is 2. The van der Waals surface area contributed by atoms with E-state index in [4.69, 9.17) is 0 Å². The number of allylic oxidation sites excluding steroid dienone is 4. The lowest BCUT2D eigenvalue weighted by molar-refractivity contribution is -0.123. The van der Waals surface area contributed by atoms with Gasteiger partial charge >= 0.3 is 0 Å². The summed E-state index contributed by atoms with van der Waals surface area (Å²) in [6.45, 7) is 1.98. The van der Waals surface area contributed by atoms with Crippen LogP contribution in [0.5, 0.6) is 0 Å². The van der Waals surface area contributed by atoms with Crippen molar-refractivity contribution in [2.24, 2.45) is 0 Å². The molecule has 180 valence electrons. The number of carbonyl (C=O) groups excluding carboxylic acids is 1. The first-order chi connectivity index (χ1) is 16.5. The van der Waals surface area contributed by atoms with Crippen LogP contribution in [-0.4, -0.2) is 23.0 Å². The van der Waals surface area contributed by atoms with Crippen molar-refractivity contribution in [2.45, 2.75) is 64.0 Å². The molecule has 0 radical (unpaired) electrons. The highest BCUT2D eigenvalue weighted by molar-refractivity contribution is 7.53. The number of nitrogens with zero attached hydrogens (tertiary/aromatic N) is 1. The third-order valence-corrected chi connectivity index (χ3v) is 8.25. The van der Waals surface area contributed by atoms with Gasteiger partial charge in [-0.3, -0.25) is 4.79 Å². The Labute approximate surface area is 203 Å². The number of carbonyl (C=O) groups is 1. The van der Waals surface area contributed by atoms with E-state index >= 15 is 0 Å². The lowest BCUT2D eigenvalue weighted by Gasteiger charge is -2.38. The van der Waals surface area contributed by atoms with Crippen LogP contribution >= 0.6 is 8.30 Å². The minimum absolute atomic E-state index is 0.135. The van der Waals surface area contributed by atoms with E-state index in [0.29, 0.717) is 11.8 Å². The Morgan fingerprint density at radius 3 is 2.65 bits per heavy atom. The highest BCUT2D eigenvalue weighted by Gasteiger charge is 2.35. The highest BCUT2D eigenvalue weighted by atomic mass is 31.2. The van der Waals surface area contributed by atoms with Crippen LogP contribution in [0.2, 0.25) is 0 Å². The average Bonchev–Trinajstić information content (AvgIpc) is 2.84. The molecular weight excluding hydrogens is 446 g/mol. The number of benzene rings is 2. The number of anilines is 1. The second-order valence-corrected chi connectivity index (χ2v) is 10.7. The van der Waals surface area contributed by atoms with E-state index in [2.05, 4.69) is 17.5 Å². The van der Waals surface area contributed by atoms with E-state index < -0.39 is 14.3 Å². The van der Waals surface area contributed by atoms with Crippen molar-refractivity contribution in [1.82, 2.24) is 5.32 Å². The number of hydrogen-bond acceptors (Lipinski definition) is 3. The largest absolute Gasteiger partial charge is 0.354 e. The number of halogens is 1. The molecular formula is C28H34FN2O2P. The molecule has 0 aliphatic heterocycles. The van der Waals surface area contributed by atoms with Gasteiger partial charge in [-0.15, -0.1) is 0 Å². The summed E-state index contributed by atoms with van der Waals surface area (Å²) in [5, 5.41) is 3.26. The van der Waals surface area contributed by atoms with Crippen LogP contribution in [0, 0.1) is 12.7 Å². The smallest absolute Gasteiger partial charge is 0.247 e. The molecule has 4 nitrogen and oxygen atoms in total. The normalized spacial score (nSPS) is 18.1. The van der Waals surface area contributed by atoms with Crippen LogP contribution in [0.15, 0.2) is 72.3 Å². The van der Waals surface area contributed by atoms with Crippen LogP contribution in [0.4, 0.5) is 10.1 Å². The first kappa shape index (κ1) is 24.6. The van der Waals surface area contributed by atoms with Crippen molar-refractivity contribution in [1.29, 1.82) is 0 Å². The van der Waals surface area contributed by atoms with E-state index in [1.807, 2.05) is 37.3 Å². The molecule has 4 rings (SSSR count). The maximum atomic E-state index is 14.3. The van der Waals surface area contributed by atoms with Gasteiger partial charge in [0.15, 0.2) is 0 Å². The third-order valence-electron chi connectivity index (χ3n) is 6.64. The molecule has 0 aromatic heterocycles. The molecule has 0 saturated heterocycles. The van der Waals surface area contributed by atoms with Gasteiger partial charge in [-0.1, -0.05) is 67.8 Å². The molecule has 1 fully saturated rings. The maximum Gasteiger partial charge on any atom is 0.247 e. The van der Waals surface area contributed by atoms with E-state index in [1.54, 1.807) is 16.8 Å². The van der Waals surface area contributed by atoms with Crippen LogP contribution < -0.4 is 9.99 Å². The minimum atomic E-state index is -1.80. The second-order valence-electron chi connectivity index (χ2n) is 9.22. The molecule has 1 saturated carbocycles. The molecule has 34 heavy (non-hydrogen) atoms. The van der Waals surface area contributed by atoms with Gasteiger partial charge in [0.2, 0.25) is 5.91 Å². The highest BCUT2D eigenvalue weighted by Crippen LogP contribution is 2.48. The van der Waals surface area contributed by atoms with Gasteiger partial charge in [-0.25, -0.2) is 4.39 Å². The summed E-state index contributed by atoms with van der Waals surface area (Å²) in [7, 11) is -1.80. The van der Waals surface area contributed by atoms with Gasteiger partial charge in [0.05, 0.1) is 0 Å². The minimum Gasteiger partial charge on any atom is -0.354 e. The zero-order chi connectivity index (χ0) is 23.9. The summed E-state index contributed by atoms with van der Waals surface area (Å²) in [5.74, 6) is -0.529. The van der Waals surface area contributed by atoms with Crippen LogP contribution in [-0.2, 0) is 4.79 Å². The van der Waals surface area contributed by atoms with Gasteiger partial charge in [-0.2, -0.15) is 0 Å². The monoisotopic (exact) mass is 480 g/mol. The quantitative estimate of drug-likeness (QED) is 0.413. The summed E-state index contributed by atoms with van der Waals surface area (Å²) in [6.07, 6.45) is 14.0. The van der Waals surface area contributed by atoms with Gasteiger partial charge in [-0.05, 0) is 67.5 Å². The molecule has 2 aliphatic carbocycles. The third kappa shape index (κ3) is 6.14. The van der Waals surface area contributed by atoms with Crippen molar-refractivity contribution in [3.63, 3.8) is 0 Å². The second kappa shape index (κ2) is 11.8. The molecule has 2 aliphatic rings. The Hall–Kier alpha value is -2.49. The molecule has 0 spiro atoms. The fourth-order valence-corrected chi connectivity index (χ4v) is 6.46. The molecule has 2 unspecified atom stereocenters. The molecule has 1 amide bonds. The Morgan fingerprint density at radius 1 is 1.15 bits per heavy atom. The van der Waals surface area contributed by atoms with E-state index in [0.717, 1.165) is 55.2 Å². The van der Waals surface area contributed by atoms with E-state index in [1.165, 1.54) is 18.6 Å². The van der Waals surface area contributed by atoms with E-state index in [-0.39, 0.29) is 17.8 Å². The Balaban J connectivity index is 1.74. The first-order valence-electron chi connectivity index (χ1n) is 12.3. The summed E-state index contributed by atoms with van der Waals surface area (Å²) >= 11 is 0. The van der Waals surface area contributed by atoms with E-state index in [9.17, 15) is 14.1 Å². The molecule has 0 bridgehead atoms. The van der Waals surface area contributed by atoms with Crippen LogP contribution in [0.3, 0.4) is 0 Å². The molecule has 2 N–H and O–H groups in total. The molecule has 2 atom stereocenters. The molecule has 0 heterocycles. The lowest BCUT2D eigenvalue weighted by Crippen LogP contribution is -2.44. The molecule has 2 aromatic carbocycles. The summed E-state index contributed by atoms with van der Waals surface area (Å²) < 4.78 is 16.1. The summed E-state index contributed by atoms with van der Waals surface area (Å²) in [4.78, 5) is 25.5. The average molecular weight is 481 g/mol. The zero-order valence-electron chi connectivity index (χ0n) is 19.8. The maximum absolute atomic E-state index is 14.3. The Kier molecular flexibility index (Phi) is 8.53. The fraction of sp³-hybridized carbons (Fsp3) is 0.393. The SMILES string of the molecule is Cc1ccccc1C(C(=O)NC1CCCCC1)N(c1cccc(F)c1)P(O)CC1=CCCC=C1. The topological polar surface area (TPSA) is 52.6 Å². The Bertz CT molecular complexity index is 1050. The van der Waals surface area contributed by atoms with Crippen molar-refractivity contribution >= 4 is 19.9 Å². The van der Waals surface area contributed by atoms with Gasteiger partial charge in [0.1, 0.15) is 20.2 Å². The summed E-state index contributed by atoms with van der Waals surface area (Å²) in [6, 6.07) is 13.4. The van der Waals surface area contributed by atoms with Crippen LogP contribution in [0.1, 0.15) is 62.1 Å². The van der Waals surface area contributed by atoms with Gasteiger partial charge in [0, 0.05) is 17.9 Å². The molecule has 2 aromatic rings. The number of nitrogens with one attached hydrogen (secondary N) is 1. The van der Waals surface area contributed by atoms with Crippen molar-refractivity contribution in [2.75, 3.05) is 10.8 Å². The van der Waals surface area contributed by atoms with Crippen molar-refractivity contribution < 1.29 is 14.1 Å². The van der Waals surface area contributed by atoms with Gasteiger partial charge < -0.3 is 14.9 Å². The number of aryl methyl sites for hydroxylation is 1. The summed E-state index contributed by atoms with van der Waals surface area (Å²) in [5.41, 5.74) is 3.36. The first-order valence-corrected chi connectivity index (χ1v) is 13.7. The number of rotatable bonds is 8. The number of amides is 1. The van der Waals surface area contributed by atoms with Crippen LogP contribution in [0.25, 0.3) is 0 Å². The van der Waals surface area contributed by atoms with Crippen molar-refractivity contribution in [3.8, 4) is 0 Å². The predicted octanol–water partition coefficient (Wildman–Crippen LogP) is 6.71. The fourth-order valence-electron chi connectivity index (χ4n) is 4.86. The zero-order valence-corrected chi connectivity index (χ0v) is 20.7. The standard InChI is InChI=1S/C28H34FN2O2P/c1-21-11-8-9-18-26(21)27(28(32)30-24-15-6-3-7-16-24)31(25-17-10-14-23(29)19-25)34(33)20-22-12-4-2-5-13-22/h4,8-14,17-19,24,27,33H,2-3,5-7,15-16,20H2,1H3,(H,30,32). The Morgan fingerprint density at radius 2 is 1.94 bits per heavy atom. The van der Waals surface area contributed by atoms with Gasteiger partial charge in [0.25, 0.3) is 0 Å². The molecule has 6 heteroatoms.